The predicted octanol–water partition coefficient (Wildman–Crippen LogP) is 2.96. The fraction of sp³-hybridized carbons (Fsp3) is 0.950. The Morgan fingerprint density at radius 2 is 1.92 bits per heavy atom. The molecule has 0 unspecified atom stereocenters. The molecule has 2 aliphatic rings. The highest BCUT2D eigenvalue weighted by atomic mass is 32.2. The SMILES string of the molecule is CCNC(=NCC1(SCC)CCOCC1)NC1CCN(CC(C)C)CC1. The predicted molar refractivity (Wildman–Crippen MR) is 114 cm³/mol. The number of hydrogen-bond donors (Lipinski definition) is 2. The summed E-state index contributed by atoms with van der Waals surface area (Å²) in [5, 5.41) is 7.16. The molecule has 0 aromatic heterocycles. The Labute approximate surface area is 165 Å². The van der Waals surface area contributed by atoms with E-state index in [9.17, 15) is 0 Å². The van der Waals surface area contributed by atoms with Gasteiger partial charge >= 0.3 is 0 Å². The molecule has 2 fully saturated rings. The molecule has 0 bridgehead atoms. The minimum atomic E-state index is 0.260. The van der Waals surface area contributed by atoms with Crippen LogP contribution < -0.4 is 10.6 Å². The van der Waals surface area contributed by atoms with E-state index >= 15 is 0 Å². The lowest BCUT2D eigenvalue weighted by atomic mass is 9.99. The van der Waals surface area contributed by atoms with Crippen LogP contribution in [0.3, 0.4) is 0 Å². The molecule has 2 N–H and O–H groups in total. The van der Waals surface area contributed by atoms with Gasteiger partial charge in [0, 0.05) is 50.2 Å². The number of guanidine groups is 1. The van der Waals surface area contributed by atoms with E-state index in [1.807, 2.05) is 0 Å². The third-order valence-corrected chi connectivity index (χ3v) is 6.71. The molecule has 2 saturated heterocycles. The second-order valence-electron chi connectivity index (χ2n) is 8.04. The highest BCUT2D eigenvalue weighted by Gasteiger charge is 2.32. The largest absolute Gasteiger partial charge is 0.381 e. The summed E-state index contributed by atoms with van der Waals surface area (Å²) in [6.07, 6.45) is 4.64. The summed E-state index contributed by atoms with van der Waals surface area (Å²) in [6.45, 7) is 16.2. The van der Waals surface area contributed by atoms with Crippen LogP contribution in [-0.2, 0) is 4.74 Å². The lowest BCUT2D eigenvalue weighted by Gasteiger charge is -2.36. The Balaban J connectivity index is 1.88. The van der Waals surface area contributed by atoms with Crippen molar-refractivity contribution < 1.29 is 4.74 Å². The Morgan fingerprint density at radius 3 is 2.50 bits per heavy atom. The minimum absolute atomic E-state index is 0.260. The first-order valence-electron chi connectivity index (χ1n) is 10.6. The van der Waals surface area contributed by atoms with Crippen LogP contribution in [0.1, 0.15) is 53.4 Å². The van der Waals surface area contributed by atoms with Crippen LogP contribution in [0.25, 0.3) is 0 Å². The number of thioether (sulfide) groups is 1. The summed E-state index contributed by atoms with van der Waals surface area (Å²) >= 11 is 2.06. The van der Waals surface area contributed by atoms with E-state index in [0.29, 0.717) is 6.04 Å². The van der Waals surface area contributed by atoms with Gasteiger partial charge in [0.05, 0.1) is 6.54 Å². The second-order valence-corrected chi connectivity index (χ2v) is 9.77. The van der Waals surface area contributed by atoms with E-state index in [2.05, 4.69) is 55.0 Å². The van der Waals surface area contributed by atoms with Gasteiger partial charge in [0.25, 0.3) is 0 Å². The van der Waals surface area contributed by atoms with Crippen molar-refractivity contribution in [3.8, 4) is 0 Å². The highest BCUT2D eigenvalue weighted by molar-refractivity contribution is 8.00. The van der Waals surface area contributed by atoms with Crippen molar-refractivity contribution in [1.29, 1.82) is 0 Å². The zero-order chi connectivity index (χ0) is 18.8. The molecule has 0 aliphatic carbocycles. The van der Waals surface area contributed by atoms with Crippen LogP contribution in [0.2, 0.25) is 0 Å². The summed E-state index contributed by atoms with van der Waals surface area (Å²) in [5.41, 5.74) is 0. The van der Waals surface area contributed by atoms with Gasteiger partial charge < -0.3 is 20.3 Å². The molecule has 2 heterocycles. The maximum Gasteiger partial charge on any atom is 0.191 e. The van der Waals surface area contributed by atoms with Gasteiger partial charge in [0.1, 0.15) is 0 Å². The fourth-order valence-electron chi connectivity index (χ4n) is 3.91. The van der Waals surface area contributed by atoms with Crippen LogP contribution in [0.5, 0.6) is 0 Å². The molecule has 0 amide bonds. The molecule has 0 radical (unpaired) electrons. The van der Waals surface area contributed by atoms with Crippen LogP contribution in [0, 0.1) is 5.92 Å². The number of likely N-dealkylation sites (tertiary alicyclic amines) is 1. The number of aliphatic imine (C=N–C) groups is 1. The minimum Gasteiger partial charge on any atom is -0.381 e. The Bertz CT molecular complexity index is 411. The summed E-state index contributed by atoms with van der Waals surface area (Å²) in [4.78, 5) is 7.59. The van der Waals surface area contributed by atoms with Gasteiger partial charge in [0.2, 0.25) is 0 Å². The first-order valence-corrected chi connectivity index (χ1v) is 11.5. The molecule has 2 aliphatic heterocycles. The van der Waals surface area contributed by atoms with Gasteiger partial charge in [-0.3, -0.25) is 4.99 Å². The zero-order valence-electron chi connectivity index (χ0n) is 17.4. The lowest BCUT2D eigenvalue weighted by molar-refractivity contribution is 0.0793. The molecule has 152 valence electrons. The van der Waals surface area contributed by atoms with Gasteiger partial charge in [-0.2, -0.15) is 11.8 Å². The normalized spacial score (nSPS) is 22.6. The van der Waals surface area contributed by atoms with Crippen molar-refractivity contribution in [2.75, 3.05) is 51.7 Å². The van der Waals surface area contributed by atoms with E-state index in [-0.39, 0.29) is 4.75 Å². The maximum atomic E-state index is 5.59. The van der Waals surface area contributed by atoms with E-state index in [4.69, 9.17) is 9.73 Å². The molecular formula is C20H40N4OS. The van der Waals surface area contributed by atoms with Gasteiger partial charge in [-0.25, -0.2) is 0 Å². The van der Waals surface area contributed by atoms with E-state index in [1.165, 1.54) is 32.5 Å². The van der Waals surface area contributed by atoms with Crippen molar-refractivity contribution in [1.82, 2.24) is 15.5 Å². The maximum absolute atomic E-state index is 5.59. The zero-order valence-corrected chi connectivity index (χ0v) is 18.2. The molecule has 2 rings (SSSR count). The van der Waals surface area contributed by atoms with Gasteiger partial charge in [-0.1, -0.05) is 20.8 Å². The van der Waals surface area contributed by atoms with E-state index < -0.39 is 0 Å². The molecule has 0 aromatic rings. The van der Waals surface area contributed by atoms with Crippen LogP contribution >= 0.6 is 11.8 Å². The smallest absolute Gasteiger partial charge is 0.191 e. The molecule has 6 heteroatoms. The highest BCUT2D eigenvalue weighted by Crippen LogP contribution is 2.35. The van der Waals surface area contributed by atoms with Crippen molar-refractivity contribution in [2.24, 2.45) is 10.9 Å². The van der Waals surface area contributed by atoms with Gasteiger partial charge in [0.15, 0.2) is 5.96 Å². The summed E-state index contributed by atoms with van der Waals surface area (Å²) in [7, 11) is 0. The van der Waals surface area contributed by atoms with Gasteiger partial charge in [-0.15, -0.1) is 0 Å². The Hall–Kier alpha value is -0.460. The number of hydrogen-bond acceptors (Lipinski definition) is 4. The average molecular weight is 385 g/mol. The number of ether oxygens (including phenoxy) is 1. The van der Waals surface area contributed by atoms with Crippen molar-refractivity contribution >= 4 is 17.7 Å². The Morgan fingerprint density at radius 1 is 1.23 bits per heavy atom. The number of rotatable bonds is 8. The summed E-state index contributed by atoms with van der Waals surface area (Å²) in [5.74, 6) is 2.90. The van der Waals surface area contributed by atoms with E-state index in [1.54, 1.807) is 0 Å². The first-order chi connectivity index (χ1) is 12.6. The van der Waals surface area contributed by atoms with E-state index in [0.717, 1.165) is 56.8 Å². The third kappa shape index (κ3) is 7.28. The first kappa shape index (κ1) is 21.8. The van der Waals surface area contributed by atoms with Crippen LogP contribution in [0.4, 0.5) is 0 Å². The lowest BCUT2D eigenvalue weighted by Crippen LogP contribution is -2.49. The quantitative estimate of drug-likeness (QED) is 0.498. The summed E-state index contributed by atoms with van der Waals surface area (Å²) < 4.78 is 5.85. The standard InChI is InChI=1S/C20H40N4OS/c1-5-21-19(22-16-20(26-6-2)9-13-25-14-10-20)23-18-7-11-24(12-8-18)15-17(3)4/h17-18H,5-16H2,1-4H3,(H2,21,22,23). The molecule has 26 heavy (non-hydrogen) atoms. The number of nitrogens with zero attached hydrogens (tertiary/aromatic N) is 2. The molecule has 0 saturated carbocycles. The van der Waals surface area contributed by atoms with Crippen LogP contribution in [-0.4, -0.2) is 73.3 Å². The molecule has 0 aromatic carbocycles. The number of piperidine rings is 1. The summed E-state index contributed by atoms with van der Waals surface area (Å²) in [6, 6.07) is 0.542. The second kappa shape index (κ2) is 11.4. The molecular weight excluding hydrogens is 344 g/mol. The Kier molecular flexibility index (Phi) is 9.57. The molecule has 5 nitrogen and oxygen atoms in total. The topological polar surface area (TPSA) is 48.9 Å². The molecule has 0 spiro atoms. The number of nitrogens with one attached hydrogen (secondary N) is 2. The third-order valence-electron chi connectivity index (χ3n) is 5.28. The fourth-order valence-corrected chi connectivity index (χ4v) is 5.13. The monoisotopic (exact) mass is 384 g/mol. The van der Waals surface area contributed by atoms with Crippen molar-refractivity contribution in [3.05, 3.63) is 0 Å². The van der Waals surface area contributed by atoms with Crippen molar-refractivity contribution in [2.45, 2.75) is 64.2 Å². The van der Waals surface area contributed by atoms with Gasteiger partial charge in [-0.05, 0) is 44.3 Å². The molecule has 0 atom stereocenters. The van der Waals surface area contributed by atoms with Crippen molar-refractivity contribution in [3.63, 3.8) is 0 Å². The van der Waals surface area contributed by atoms with Crippen LogP contribution in [0.15, 0.2) is 4.99 Å². The average Bonchev–Trinajstić information content (AvgIpc) is 2.62.